The van der Waals surface area contributed by atoms with Crippen LogP contribution in [0, 0.1) is 6.92 Å². The molecule has 2 unspecified atom stereocenters. The van der Waals surface area contributed by atoms with Crippen molar-refractivity contribution in [1.29, 1.82) is 0 Å². The van der Waals surface area contributed by atoms with Crippen LogP contribution in [-0.4, -0.2) is 11.0 Å². The minimum Gasteiger partial charge on any atom is -0.326 e. The number of rotatable bonds is 5. The lowest BCUT2D eigenvalue weighted by atomic mass is 10.0. The molecule has 0 fully saturated rings. The van der Waals surface area contributed by atoms with E-state index in [1.165, 1.54) is 11.1 Å². The molecule has 106 valence electrons. The smallest absolute Gasteiger partial charge is 0.0967 e. The fourth-order valence-electron chi connectivity index (χ4n) is 2.03. The summed E-state index contributed by atoms with van der Waals surface area (Å²) in [5, 5.41) is 1.81. The van der Waals surface area contributed by atoms with Gasteiger partial charge in [-0.1, -0.05) is 60.1 Å². The Bertz CT molecular complexity index is 557. The van der Waals surface area contributed by atoms with E-state index in [9.17, 15) is 0 Å². The Labute approximate surface area is 129 Å². The molecule has 1 aromatic carbocycles. The van der Waals surface area contributed by atoms with Gasteiger partial charge >= 0.3 is 0 Å². The van der Waals surface area contributed by atoms with Gasteiger partial charge in [0.25, 0.3) is 0 Å². The molecule has 0 bridgehead atoms. The average molecular weight is 307 g/mol. The predicted octanol–water partition coefficient (Wildman–Crippen LogP) is 4.61. The lowest BCUT2D eigenvalue weighted by molar-refractivity contribution is 0.633. The maximum Gasteiger partial charge on any atom is 0.0967 e. The van der Waals surface area contributed by atoms with Crippen LogP contribution >= 0.6 is 23.4 Å². The Kier molecular flexibility index (Phi) is 5.46. The van der Waals surface area contributed by atoms with Crippen molar-refractivity contribution in [1.82, 2.24) is 4.98 Å². The van der Waals surface area contributed by atoms with Gasteiger partial charge in [0.1, 0.15) is 0 Å². The Morgan fingerprint density at radius 2 is 2.10 bits per heavy atom. The van der Waals surface area contributed by atoms with E-state index >= 15 is 0 Å². The van der Waals surface area contributed by atoms with Crippen LogP contribution < -0.4 is 5.73 Å². The number of thioether (sulfide) groups is 1. The second-order valence-electron chi connectivity index (χ2n) is 4.84. The zero-order chi connectivity index (χ0) is 14.5. The third kappa shape index (κ3) is 3.98. The Morgan fingerprint density at radius 3 is 2.70 bits per heavy atom. The van der Waals surface area contributed by atoms with Crippen molar-refractivity contribution < 1.29 is 0 Å². The summed E-state index contributed by atoms with van der Waals surface area (Å²) in [6.07, 6.45) is 2.61. The predicted molar refractivity (Wildman–Crippen MR) is 87.3 cm³/mol. The summed E-state index contributed by atoms with van der Waals surface area (Å²) in [4.78, 5) is 4.36. The number of nitrogens with zero attached hydrogens (tertiary/aromatic N) is 1. The highest BCUT2D eigenvalue weighted by Crippen LogP contribution is 2.37. The van der Waals surface area contributed by atoms with Crippen LogP contribution in [-0.2, 0) is 0 Å². The highest BCUT2D eigenvalue weighted by molar-refractivity contribution is 7.99. The number of aryl methyl sites for hydroxylation is 1. The normalized spacial score (nSPS) is 14.0. The molecule has 0 saturated carbocycles. The van der Waals surface area contributed by atoms with Gasteiger partial charge in [-0.25, -0.2) is 4.98 Å². The molecular weight excluding hydrogens is 288 g/mol. The quantitative estimate of drug-likeness (QED) is 0.820. The van der Waals surface area contributed by atoms with E-state index in [-0.39, 0.29) is 11.3 Å². The van der Waals surface area contributed by atoms with Crippen LogP contribution in [0.25, 0.3) is 0 Å². The molecule has 0 aliphatic heterocycles. The van der Waals surface area contributed by atoms with Crippen molar-refractivity contribution in [3.8, 4) is 0 Å². The summed E-state index contributed by atoms with van der Waals surface area (Å²) in [6.45, 7) is 4.21. The zero-order valence-corrected chi connectivity index (χ0v) is 13.3. The van der Waals surface area contributed by atoms with E-state index in [2.05, 4.69) is 43.1 Å². The topological polar surface area (TPSA) is 38.9 Å². The minimum atomic E-state index is 0.0966. The molecule has 4 heteroatoms. The van der Waals surface area contributed by atoms with Crippen molar-refractivity contribution in [3.63, 3.8) is 0 Å². The fourth-order valence-corrected chi connectivity index (χ4v) is 3.31. The van der Waals surface area contributed by atoms with Gasteiger partial charge in [0.2, 0.25) is 0 Å². The van der Waals surface area contributed by atoms with Gasteiger partial charge in [-0.3, -0.25) is 0 Å². The number of nitrogens with two attached hydrogens (primary N) is 1. The molecule has 0 aliphatic rings. The summed E-state index contributed by atoms with van der Waals surface area (Å²) in [6, 6.07) is 12.4. The second kappa shape index (κ2) is 7.11. The van der Waals surface area contributed by atoms with E-state index < -0.39 is 0 Å². The van der Waals surface area contributed by atoms with Gasteiger partial charge in [-0.05, 0) is 31.0 Å². The summed E-state index contributed by atoms with van der Waals surface area (Å²) in [5.41, 5.74) is 8.80. The average Bonchev–Trinajstić information content (AvgIpc) is 2.46. The van der Waals surface area contributed by atoms with Crippen molar-refractivity contribution in [2.45, 2.75) is 36.6 Å². The number of halogens is 1. The Hall–Kier alpha value is -1.03. The molecule has 2 rings (SSSR count). The molecular formula is C16H19ClN2S. The highest BCUT2D eigenvalue weighted by atomic mass is 35.5. The Balaban J connectivity index is 2.26. The molecule has 2 nitrogen and oxygen atoms in total. The van der Waals surface area contributed by atoms with Crippen LogP contribution in [0.2, 0.25) is 5.02 Å². The molecule has 20 heavy (non-hydrogen) atoms. The molecule has 1 aromatic heterocycles. The number of pyridine rings is 1. The summed E-state index contributed by atoms with van der Waals surface area (Å²) < 4.78 is 0. The lowest BCUT2D eigenvalue weighted by Crippen LogP contribution is -2.25. The van der Waals surface area contributed by atoms with Gasteiger partial charge in [0.05, 0.1) is 15.3 Å². The van der Waals surface area contributed by atoms with Crippen molar-refractivity contribution in [3.05, 3.63) is 58.7 Å². The van der Waals surface area contributed by atoms with Gasteiger partial charge in [0, 0.05) is 12.2 Å². The monoisotopic (exact) mass is 306 g/mol. The van der Waals surface area contributed by atoms with Crippen LogP contribution in [0.15, 0.2) is 47.6 Å². The van der Waals surface area contributed by atoms with Crippen LogP contribution in [0.5, 0.6) is 0 Å². The van der Waals surface area contributed by atoms with Gasteiger partial charge < -0.3 is 5.73 Å². The SMILES string of the molecule is CCC(N)C(Sc1ccc(Cl)cn1)c1cccc(C)c1. The maximum absolute atomic E-state index is 6.30. The number of aromatic nitrogens is 1. The Morgan fingerprint density at radius 1 is 1.30 bits per heavy atom. The molecule has 0 saturated heterocycles. The minimum absolute atomic E-state index is 0.0966. The lowest BCUT2D eigenvalue weighted by Gasteiger charge is -2.23. The number of benzene rings is 1. The third-order valence-electron chi connectivity index (χ3n) is 3.18. The summed E-state index contributed by atoms with van der Waals surface area (Å²) in [5.74, 6) is 0. The van der Waals surface area contributed by atoms with Gasteiger partial charge in [-0.2, -0.15) is 0 Å². The molecule has 0 spiro atoms. The maximum atomic E-state index is 6.30. The molecule has 0 radical (unpaired) electrons. The molecule has 0 aliphatic carbocycles. The molecule has 2 aromatic rings. The largest absolute Gasteiger partial charge is 0.326 e. The first kappa shape index (κ1) is 15.4. The van der Waals surface area contributed by atoms with Gasteiger partial charge in [-0.15, -0.1) is 0 Å². The molecule has 2 atom stereocenters. The van der Waals surface area contributed by atoms with Crippen molar-refractivity contribution in [2.75, 3.05) is 0 Å². The van der Waals surface area contributed by atoms with Gasteiger partial charge in [0.15, 0.2) is 0 Å². The first-order valence-corrected chi connectivity index (χ1v) is 7.96. The van der Waals surface area contributed by atoms with Crippen molar-refractivity contribution >= 4 is 23.4 Å². The summed E-state index contributed by atoms with van der Waals surface area (Å²) >= 11 is 7.58. The van der Waals surface area contributed by atoms with E-state index in [4.69, 9.17) is 17.3 Å². The standard InChI is InChI=1S/C16H19ClN2S/c1-3-14(18)16(12-6-4-5-11(2)9-12)20-15-8-7-13(17)10-19-15/h4-10,14,16H,3,18H2,1-2H3. The van der Waals surface area contributed by atoms with E-state index in [0.717, 1.165) is 11.4 Å². The summed E-state index contributed by atoms with van der Waals surface area (Å²) in [7, 11) is 0. The first-order valence-electron chi connectivity index (χ1n) is 6.70. The van der Waals surface area contributed by atoms with Crippen LogP contribution in [0.4, 0.5) is 0 Å². The van der Waals surface area contributed by atoms with Crippen LogP contribution in [0.1, 0.15) is 29.7 Å². The molecule has 0 amide bonds. The van der Waals surface area contributed by atoms with E-state index in [1.54, 1.807) is 18.0 Å². The number of hydrogen-bond acceptors (Lipinski definition) is 3. The van der Waals surface area contributed by atoms with Crippen LogP contribution in [0.3, 0.4) is 0 Å². The molecule has 1 heterocycles. The third-order valence-corrected chi connectivity index (χ3v) is 4.76. The number of hydrogen-bond donors (Lipinski definition) is 1. The first-order chi connectivity index (χ1) is 9.60. The fraction of sp³-hybridized carbons (Fsp3) is 0.312. The highest BCUT2D eigenvalue weighted by Gasteiger charge is 2.20. The van der Waals surface area contributed by atoms with E-state index in [0.29, 0.717) is 5.02 Å². The molecule has 2 N–H and O–H groups in total. The second-order valence-corrected chi connectivity index (χ2v) is 6.44. The van der Waals surface area contributed by atoms with E-state index in [1.807, 2.05) is 12.1 Å². The zero-order valence-electron chi connectivity index (χ0n) is 11.7. The van der Waals surface area contributed by atoms with Crippen molar-refractivity contribution in [2.24, 2.45) is 5.73 Å².